The number of nitrogens with zero attached hydrogens (tertiary/aromatic N) is 4. The van der Waals surface area contributed by atoms with E-state index in [0.717, 1.165) is 65.1 Å². The van der Waals surface area contributed by atoms with Crippen LogP contribution in [0, 0.1) is 5.92 Å². The van der Waals surface area contributed by atoms with Crippen LogP contribution in [0.4, 0.5) is 5.69 Å². The first-order valence-corrected chi connectivity index (χ1v) is 10.4. The SMILES string of the molecule is COC(=O)CCC1CCN(C(=O)CCN2CCN(c3ccncc3)CC2)CC1.Cl.Cl. The summed E-state index contributed by atoms with van der Waals surface area (Å²) >= 11 is 0. The smallest absolute Gasteiger partial charge is 0.305 e. The second-order valence-corrected chi connectivity index (χ2v) is 7.72. The van der Waals surface area contributed by atoms with Crippen molar-refractivity contribution in [2.24, 2.45) is 5.92 Å². The highest BCUT2D eigenvalue weighted by molar-refractivity contribution is 5.85. The number of likely N-dealkylation sites (tertiary alicyclic amines) is 1. The average Bonchev–Trinajstić information content (AvgIpc) is 2.77. The molecule has 2 fully saturated rings. The van der Waals surface area contributed by atoms with Gasteiger partial charge in [0.05, 0.1) is 7.11 Å². The topological polar surface area (TPSA) is 66.0 Å². The van der Waals surface area contributed by atoms with Crippen molar-refractivity contribution >= 4 is 42.4 Å². The van der Waals surface area contributed by atoms with Gasteiger partial charge < -0.3 is 14.5 Å². The number of esters is 1. The van der Waals surface area contributed by atoms with Gasteiger partial charge >= 0.3 is 5.97 Å². The van der Waals surface area contributed by atoms with E-state index in [2.05, 4.69) is 14.8 Å². The summed E-state index contributed by atoms with van der Waals surface area (Å²) in [5.41, 5.74) is 1.22. The lowest BCUT2D eigenvalue weighted by Crippen LogP contribution is -2.47. The van der Waals surface area contributed by atoms with Crippen molar-refractivity contribution in [1.29, 1.82) is 0 Å². The number of ether oxygens (including phenoxy) is 1. The van der Waals surface area contributed by atoms with E-state index in [1.165, 1.54) is 12.8 Å². The number of halogens is 2. The van der Waals surface area contributed by atoms with Gasteiger partial charge in [-0.05, 0) is 37.3 Å². The van der Waals surface area contributed by atoms with E-state index in [9.17, 15) is 9.59 Å². The van der Waals surface area contributed by atoms with Gasteiger partial charge in [0, 0.05) is 76.7 Å². The summed E-state index contributed by atoms with van der Waals surface area (Å²) in [4.78, 5) is 34.7. The first-order valence-electron chi connectivity index (χ1n) is 10.4. The van der Waals surface area contributed by atoms with Crippen molar-refractivity contribution in [1.82, 2.24) is 14.8 Å². The molecule has 0 bridgehead atoms. The van der Waals surface area contributed by atoms with Crippen LogP contribution in [0.5, 0.6) is 0 Å². The highest BCUT2D eigenvalue weighted by atomic mass is 35.5. The Balaban J connectivity index is 0.00000225. The van der Waals surface area contributed by atoms with Crippen molar-refractivity contribution in [2.75, 3.05) is 57.8 Å². The summed E-state index contributed by atoms with van der Waals surface area (Å²) in [6, 6.07) is 4.10. The molecule has 2 saturated heterocycles. The van der Waals surface area contributed by atoms with Gasteiger partial charge in [0.25, 0.3) is 0 Å². The van der Waals surface area contributed by atoms with Crippen LogP contribution in [-0.4, -0.2) is 79.6 Å². The largest absolute Gasteiger partial charge is 0.469 e. The van der Waals surface area contributed by atoms with Crippen molar-refractivity contribution in [2.45, 2.75) is 32.1 Å². The molecule has 0 aliphatic carbocycles. The monoisotopic (exact) mass is 460 g/mol. The lowest BCUT2D eigenvalue weighted by molar-refractivity contribution is -0.141. The number of piperazine rings is 1. The van der Waals surface area contributed by atoms with E-state index >= 15 is 0 Å². The van der Waals surface area contributed by atoms with Crippen molar-refractivity contribution < 1.29 is 14.3 Å². The Morgan fingerprint density at radius 1 is 1.00 bits per heavy atom. The number of hydrogen-bond donors (Lipinski definition) is 0. The maximum absolute atomic E-state index is 12.6. The molecule has 1 aromatic heterocycles. The van der Waals surface area contributed by atoms with Gasteiger partial charge in [0.15, 0.2) is 0 Å². The molecule has 3 rings (SSSR count). The molecule has 3 heterocycles. The second kappa shape index (κ2) is 13.7. The standard InChI is InChI=1S/C21H32N4O3.2ClH/c1-28-21(27)3-2-18-6-12-25(13-7-18)20(26)8-11-23-14-16-24(17-15-23)19-4-9-22-10-5-19;;/h4-5,9-10,18H,2-3,6-8,11-17H2,1H3;2*1H. The van der Waals surface area contributed by atoms with Gasteiger partial charge in [-0.25, -0.2) is 0 Å². The van der Waals surface area contributed by atoms with Crippen molar-refractivity contribution in [3.05, 3.63) is 24.5 Å². The van der Waals surface area contributed by atoms with Gasteiger partial charge in [0.1, 0.15) is 0 Å². The molecule has 0 radical (unpaired) electrons. The van der Waals surface area contributed by atoms with Gasteiger partial charge in [-0.3, -0.25) is 19.5 Å². The molecule has 30 heavy (non-hydrogen) atoms. The van der Waals surface area contributed by atoms with E-state index in [1.54, 1.807) is 0 Å². The quantitative estimate of drug-likeness (QED) is 0.582. The lowest BCUT2D eigenvalue weighted by Gasteiger charge is -2.36. The Bertz CT molecular complexity index is 634. The minimum absolute atomic E-state index is 0. The van der Waals surface area contributed by atoms with Crippen LogP contribution in [0.1, 0.15) is 32.1 Å². The number of anilines is 1. The Kier molecular flexibility index (Phi) is 12.1. The van der Waals surface area contributed by atoms with Crippen molar-refractivity contribution in [3.63, 3.8) is 0 Å². The maximum atomic E-state index is 12.6. The molecular formula is C21H34Cl2N4O3. The number of amides is 1. The van der Waals surface area contributed by atoms with Crippen molar-refractivity contribution in [3.8, 4) is 0 Å². The number of carbonyl (C=O) groups excluding carboxylic acids is 2. The molecular weight excluding hydrogens is 427 g/mol. The van der Waals surface area contributed by atoms with Gasteiger partial charge in [-0.1, -0.05) is 0 Å². The molecule has 0 atom stereocenters. The van der Waals surface area contributed by atoms with E-state index in [-0.39, 0.29) is 36.7 Å². The van der Waals surface area contributed by atoms with Crippen LogP contribution >= 0.6 is 24.8 Å². The highest BCUT2D eigenvalue weighted by Crippen LogP contribution is 2.22. The fourth-order valence-electron chi connectivity index (χ4n) is 4.09. The van der Waals surface area contributed by atoms with E-state index in [0.29, 0.717) is 18.8 Å². The summed E-state index contributed by atoms with van der Waals surface area (Å²) in [5.74, 6) is 0.662. The molecule has 1 amide bonds. The van der Waals surface area contributed by atoms with Crippen LogP contribution in [-0.2, 0) is 14.3 Å². The van der Waals surface area contributed by atoms with Gasteiger partial charge in [-0.15, -0.1) is 24.8 Å². The third-order valence-corrected chi connectivity index (χ3v) is 5.99. The number of rotatable bonds is 7. The average molecular weight is 461 g/mol. The highest BCUT2D eigenvalue weighted by Gasteiger charge is 2.24. The molecule has 0 aromatic carbocycles. The Morgan fingerprint density at radius 2 is 1.63 bits per heavy atom. The summed E-state index contributed by atoms with van der Waals surface area (Å²) in [6.07, 6.45) is 7.61. The maximum Gasteiger partial charge on any atom is 0.305 e. The first kappa shape index (κ1) is 26.5. The molecule has 2 aliphatic heterocycles. The van der Waals surface area contributed by atoms with E-state index in [4.69, 9.17) is 4.74 Å². The minimum Gasteiger partial charge on any atom is -0.469 e. The number of methoxy groups -OCH3 is 1. The molecule has 9 heteroatoms. The van der Waals surface area contributed by atoms with Crippen LogP contribution in [0.2, 0.25) is 0 Å². The Labute approximate surface area is 192 Å². The van der Waals surface area contributed by atoms with Gasteiger partial charge in [-0.2, -0.15) is 0 Å². The third kappa shape index (κ3) is 7.93. The number of aromatic nitrogens is 1. The summed E-state index contributed by atoms with van der Waals surface area (Å²) in [7, 11) is 1.43. The number of hydrogen-bond acceptors (Lipinski definition) is 6. The molecule has 2 aliphatic rings. The number of pyridine rings is 1. The van der Waals surface area contributed by atoms with Gasteiger partial charge in [0.2, 0.25) is 5.91 Å². The predicted octanol–water partition coefficient (Wildman–Crippen LogP) is 2.63. The minimum atomic E-state index is -0.137. The van der Waals surface area contributed by atoms with Crippen LogP contribution < -0.4 is 4.90 Å². The van der Waals surface area contributed by atoms with E-state index in [1.807, 2.05) is 29.4 Å². The van der Waals surface area contributed by atoms with Crippen LogP contribution in [0.15, 0.2) is 24.5 Å². The molecule has 0 N–H and O–H groups in total. The van der Waals surface area contributed by atoms with E-state index < -0.39 is 0 Å². The molecule has 0 saturated carbocycles. The molecule has 1 aromatic rings. The zero-order valence-electron chi connectivity index (χ0n) is 17.7. The summed E-state index contributed by atoms with van der Waals surface area (Å²) < 4.78 is 4.71. The molecule has 0 unspecified atom stereocenters. The summed E-state index contributed by atoms with van der Waals surface area (Å²) in [6.45, 7) is 6.44. The zero-order chi connectivity index (χ0) is 19.8. The fraction of sp³-hybridized carbons (Fsp3) is 0.667. The number of piperidine rings is 1. The predicted molar refractivity (Wildman–Crippen MR) is 123 cm³/mol. The molecule has 0 spiro atoms. The normalized spacial score (nSPS) is 17.6. The zero-order valence-corrected chi connectivity index (χ0v) is 19.3. The molecule has 170 valence electrons. The van der Waals surface area contributed by atoms with Crippen LogP contribution in [0.25, 0.3) is 0 Å². The first-order chi connectivity index (χ1) is 13.7. The third-order valence-electron chi connectivity index (χ3n) is 5.99. The van der Waals surface area contributed by atoms with Crippen LogP contribution in [0.3, 0.4) is 0 Å². The molecule has 7 nitrogen and oxygen atoms in total. The Morgan fingerprint density at radius 3 is 2.23 bits per heavy atom. The number of carbonyl (C=O) groups is 2. The summed E-state index contributed by atoms with van der Waals surface area (Å²) in [5, 5.41) is 0. The Hall–Kier alpha value is -1.57. The second-order valence-electron chi connectivity index (χ2n) is 7.72. The lowest BCUT2D eigenvalue weighted by atomic mass is 9.92. The fourth-order valence-corrected chi connectivity index (χ4v) is 4.09.